The van der Waals surface area contributed by atoms with Crippen molar-refractivity contribution in [2.45, 2.75) is 13.5 Å². The van der Waals surface area contributed by atoms with Crippen LogP contribution in [0.15, 0.2) is 39.9 Å². The minimum atomic E-state index is -0.213. The van der Waals surface area contributed by atoms with Crippen LogP contribution >= 0.6 is 15.9 Å². The Kier molecular flexibility index (Phi) is 3.90. The minimum Gasteiger partial charge on any atom is -0.334 e. The minimum absolute atomic E-state index is 0.0814. The molecule has 0 aliphatic heterocycles. The van der Waals surface area contributed by atoms with Crippen LogP contribution < -0.4 is 10.9 Å². The Labute approximate surface area is 119 Å². The summed E-state index contributed by atoms with van der Waals surface area (Å²) in [5.74, 6) is -0.213. The number of pyridine rings is 1. The fraction of sp³-hybridized carbons (Fsp3) is 0.231. The molecule has 0 atom stereocenters. The van der Waals surface area contributed by atoms with Gasteiger partial charge >= 0.3 is 0 Å². The normalized spacial score (nSPS) is 10.5. The van der Waals surface area contributed by atoms with Gasteiger partial charge in [0.1, 0.15) is 5.69 Å². The summed E-state index contributed by atoms with van der Waals surface area (Å²) in [6.07, 6.45) is 1.64. The van der Waals surface area contributed by atoms with Crippen molar-refractivity contribution in [3.63, 3.8) is 0 Å². The van der Waals surface area contributed by atoms with Gasteiger partial charge < -0.3 is 14.5 Å². The third-order valence-corrected chi connectivity index (χ3v) is 3.67. The number of carbonyl (C=O) groups excluding carboxylic acids is 1. The van der Waals surface area contributed by atoms with Gasteiger partial charge in [-0.1, -0.05) is 0 Å². The molecule has 6 heteroatoms. The van der Waals surface area contributed by atoms with Crippen molar-refractivity contribution in [2.24, 2.45) is 7.05 Å². The number of rotatable bonds is 3. The number of anilines is 1. The van der Waals surface area contributed by atoms with Gasteiger partial charge in [0, 0.05) is 25.9 Å². The molecule has 2 aromatic heterocycles. The molecule has 2 aromatic rings. The molecule has 0 radical (unpaired) electrons. The number of hydrogen-bond acceptors (Lipinski definition) is 2. The lowest BCUT2D eigenvalue weighted by molar-refractivity contribution is 0.101. The predicted octanol–water partition coefficient (Wildman–Crippen LogP) is 2.22. The second kappa shape index (κ2) is 5.44. The lowest BCUT2D eigenvalue weighted by Gasteiger charge is -2.08. The Morgan fingerprint density at radius 3 is 2.63 bits per heavy atom. The first kappa shape index (κ1) is 13.6. The van der Waals surface area contributed by atoms with Crippen LogP contribution in [-0.4, -0.2) is 15.0 Å². The van der Waals surface area contributed by atoms with Crippen molar-refractivity contribution in [3.05, 3.63) is 51.1 Å². The molecule has 100 valence electrons. The highest BCUT2D eigenvalue weighted by atomic mass is 79.9. The molecule has 0 fully saturated rings. The zero-order chi connectivity index (χ0) is 14.0. The van der Waals surface area contributed by atoms with E-state index < -0.39 is 0 Å². The second-order valence-corrected chi connectivity index (χ2v) is 4.91. The number of hydrogen-bond donors (Lipinski definition) is 1. The molecule has 0 unspecified atom stereocenters. The average molecular weight is 324 g/mol. The number of amides is 1. The van der Waals surface area contributed by atoms with Crippen molar-refractivity contribution in [1.82, 2.24) is 9.13 Å². The van der Waals surface area contributed by atoms with E-state index in [0.717, 1.165) is 4.60 Å². The van der Waals surface area contributed by atoms with Gasteiger partial charge in [0.15, 0.2) is 0 Å². The van der Waals surface area contributed by atoms with Gasteiger partial charge in [-0.3, -0.25) is 9.59 Å². The summed E-state index contributed by atoms with van der Waals surface area (Å²) < 4.78 is 4.11. The summed E-state index contributed by atoms with van der Waals surface area (Å²) in [7, 11) is 1.80. The third-order valence-electron chi connectivity index (χ3n) is 2.88. The fourth-order valence-corrected chi connectivity index (χ4v) is 2.09. The van der Waals surface area contributed by atoms with Gasteiger partial charge in [0.05, 0.1) is 10.3 Å². The van der Waals surface area contributed by atoms with Crippen molar-refractivity contribution >= 4 is 27.5 Å². The summed E-state index contributed by atoms with van der Waals surface area (Å²) in [5, 5.41) is 2.77. The van der Waals surface area contributed by atoms with Crippen molar-refractivity contribution in [3.8, 4) is 0 Å². The Balaban J connectivity index is 2.24. The number of nitrogens with zero attached hydrogens (tertiary/aromatic N) is 2. The lowest BCUT2D eigenvalue weighted by Crippen LogP contribution is -2.20. The van der Waals surface area contributed by atoms with E-state index in [1.807, 2.05) is 13.0 Å². The number of aryl methyl sites for hydroxylation is 1. The predicted molar refractivity (Wildman–Crippen MR) is 77.4 cm³/mol. The molecule has 2 heterocycles. The SMILES string of the molecule is CCn1cc(NC(=O)c2ccc(Br)n2C)ccc1=O. The van der Waals surface area contributed by atoms with Gasteiger partial charge in [0.2, 0.25) is 0 Å². The number of carbonyl (C=O) groups is 1. The van der Waals surface area contributed by atoms with Crippen LogP contribution in [0.2, 0.25) is 0 Å². The molecule has 0 saturated carbocycles. The van der Waals surface area contributed by atoms with E-state index in [2.05, 4.69) is 21.2 Å². The maximum absolute atomic E-state index is 12.1. The molecular weight excluding hydrogens is 310 g/mol. The van der Waals surface area contributed by atoms with E-state index >= 15 is 0 Å². The van der Waals surface area contributed by atoms with E-state index in [4.69, 9.17) is 0 Å². The number of aromatic nitrogens is 2. The molecule has 1 N–H and O–H groups in total. The smallest absolute Gasteiger partial charge is 0.272 e. The monoisotopic (exact) mass is 323 g/mol. The molecule has 19 heavy (non-hydrogen) atoms. The van der Waals surface area contributed by atoms with E-state index in [1.54, 1.807) is 29.9 Å². The summed E-state index contributed by atoms with van der Waals surface area (Å²) in [6.45, 7) is 2.44. The Morgan fingerprint density at radius 1 is 1.32 bits per heavy atom. The first-order chi connectivity index (χ1) is 9.02. The van der Waals surface area contributed by atoms with E-state index in [1.165, 1.54) is 10.6 Å². The maximum Gasteiger partial charge on any atom is 0.272 e. The first-order valence-electron chi connectivity index (χ1n) is 5.86. The van der Waals surface area contributed by atoms with Crippen LogP contribution in [0, 0.1) is 0 Å². The molecular formula is C13H14BrN3O2. The zero-order valence-electron chi connectivity index (χ0n) is 10.7. The van der Waals surface area contributed by atoms with E-state index in [9.17, 15) is 9.59 Å². The summed E-state index contributed by atoms with van der Waals surface area (Å²) in [6, 6.07) is 6.58. The number of halogens is 1. The van der Waals surface area contributed by atoms with Gasteiger partial charge in [-0.2, -0.15) is 0 Å². The van der Waals surface area contributed by atoms with Gasteiger partial charge in [0.25, 0.3) is 11.5 Å². The molecule has 0 saturated heterocycles. The van der Waals surface area contributed by atoms with Crippen LogP contribution in [0.25, 0.3) is 0 Å². The largest absolute Gasteiger partial charge is 0.334 e. The van der Waals surface area contributed by atoms with Gasteiger partial charge in [-0.15, -0.1) is 0 Å². The Morgan fingerprint density at radius 2 is 2.05 bits per heavy atom. The highest BCUT2D eigenvalue weighted by Crippen LogP contribution is 2.15. The molecule has 0 aliphatic carbocycles. The highest BCUT2D eigenvalue weighted by molar-refractivity contribution is 9.10. The van der Waals surface area contributed by atoms with Crippen molar-refractivity contribution < 1.29 is 4.79 Å². The highest BCUT2D eigenvalue weighted by Gasteiger charge is 2.11. The molecule has 1 amide bonds. The Bertz CT molecular complexity index is 673. The zero-order valence-corrected chi connectivity index (χ0v) is 12.3. The van der Waals surface area contributed by atoms with Crippen molar-refractivity contribution in [2.75, 3.05) is 5.32 Å². The summed E-state index contributed by atoms with van der Waals surface area (Å²) in [4.78, 5) is 23.5. The van der Waals surface area contributed by atoms with E-state index in [-0.39, 0.29) is 11.5 Å². The molecule has 0 spiro atoms. The molecule has 0 bridgehead atoms. The fourth-order valence-electron chi connectivity index (χ4n) is 1.76. The summed E-state index contributed by atoms with van der Waals surface area (Å²) in [5.41, 5.74) is 1.06. The maximum atomic E-state index is 12.1. The second-order valence-electron chi connectivity index (χ2n) is 4.10. The third kappa shape index (κ3) is 2.78. The van der Waals surface area contributed by atoms with Crippen LogP contribution in [0.1, 0.15) is 17.4 Å². The van der Waals surface area contributed by atoms with Crippen LogP contribution in [0.4, 0.5) is 5.69 Å². The first-order valence-corrected chi connectivity index (χ1v) is 6.65. The molecule has 5 nitrogen and oxygen atoms in total. The average Bonchev–Trinajstić information content (AvgIpc) is 2.72. The molecule has 0 aliphatic rings. The lowest BCUT2D eigenvalue weighted by atomic mass is 10.3. The molecule has 2 rings (SSSR count). The standard InChI is InChI=1S/C13H14BrN3O2/c1-3-17-8-9(4-7-12(17)18)15-13(19)10-5-6-11(14)16(10)2/h4-8H,3H2,1-2H3,(H,15,19). The van der Waals surface area contributed by atoms with Crippen LogP contribution in [0.5, 0.6) is 0 Å². The topological polar surface area (TPSA) is 56.0 Å². The Hall–Kier alpha value is -1.82. The van der Waals surface area contributed by atoms with Crippen molar-refractivity contribution in [1.29, 1.82) is 0 Å². The number of nitrogens with one attached hydrogen (secondary N) is 1. The van der Waals surface area contributed by atoms with Gasteiger partial charge in [-0.05, 0) is 41.1 Å². The van der Waals surface area contributed by atoms with Gasteiger partial charge in [-0.25, -0.2) is 0 Å². The summed E-state index contributed by atoms with van der Waals surface area (Å²) >= 11 is 3.34. The van der Waals surface area contributed by atoms with Crippen LogP contribution in [-0.2, 0) is 13.6 Å². The molecule has 0 aromatic carbocycles. The van der Waals surface area contributed by atoms with E-state index in [0.29, 0.717) is 17.9 Å². The quantitative estimate of drug-likeness (QED) is 0.941. The van der Waals surface area contributed by atoms with Crippen LogP contribution in [0.3, 0.4) is 0 Å².